The van der Waals surface area contributed by atoms with E-state index < -0.39 is 0 Å². The first-order valence-corrected chi connectivity index (χ1v) is 8.54. The van der Waals surface area contributed by atoms with E-state index in [0.29, 0.717) is 6.61 Å². The van der Waals surface area contributed by atoms with E-state index in [1.165, 1.54) is 11.1 Å². The molecule has 1 aliphatic heterocycles. The summed E-state index contributed by atoms with van der Waals surface area (Å²) in [6.07, 6.45) is 2.05. The van der Waals surface area contributed by atoms with Crippen molar-refractivity contribution in [3.63, 3.8) is 0 Å². The van der Waals surface area contributed by atoms with Crippen LogP contribution in [0.25, 0.3) is 0 Å². The third-order valence-electron chi connectivity index (χ3n) is 4.39. The zero-order valence-corrected chi connectivity index (χ0v) is 14.3. The second kappa shape index (κ2) is 7.39. The number of benzene rings is 2. The monoisotopic (exact) mass is 324 g/mol. The molecule has 2 aromatic rings. The van der Waals surface area contributed by atoms with Gasteiger partial charge in [-0.1, -0.05) is 29.8 Å². The zero-order chi connectivity index (χ0) is 16.9. The molecule has 126 valence electrons. The van der Waals surface area contributed by atoms with Gasteiger partial charge in [0.15, 0.2) is 0 Å². The second-order valence-corrected chi connectivity index (χ2v) is 6.15. The number of ether oxygens (including phenoxy) is 1. The lowest BCUT2D eigenvalue weighted by molar-refractivity contribution is 0.207. The van der Waals surface area contributed by atoms with Crippen LogP contribution in [0.5, 0.6) is 5.75 Å². The molecule has 0 aromatic heterocycles. The Labute approximate surface area is 143 Å². The Morgan fingerprint density at radius 3 is 2.54 bits per heavy atom. The molecule has 1 saturated heterocycles. The molecule has 0 spiro atoms. The zero-order valence-electron chi connectivity index (χ0n) is 14.3. The summed E-state index contributed by atoms with van der Waals surface area (Å²) < 4.78 is 5.43. The number of amides is 2. The summed E-state index contributed by atoms with van der Waals surface area (Å²) in [7, 11) is 0. The van der Waals surface area contributed by atoms with Gasteiger partial charge in [-0.3, -0.25) is 0 Å². The highest BCUT2D eigenvalue weighted by molar-refractivity contribution is 5.89. The topological polar surface area (TPSA) is 41.6 Å². The molecule has 2 aromatic carbocycles. The summed E-state index contributed by atoms with van der Waals surface area (Å²) in [5, 5.41) is 3.00. The Balaban J connectivity index is 1.68. The summed E-state index contributed by atoms with van der Waals surface area (Å²) in [5.74, 6) is 0.814. The van der Waals surface area contributed by atoms with E-state index in [0.717, 1.165) is 30.8 Å². The Bertz CT molecular complexity index is 680. The largest absolute Gasteiger partial charge is 0.494 e. The smallest absolute Gasteiger partial charge is 0.322 e. The van der Waals surface area contributed by atoms with Crippen molar-refractivity contribution in [1.82, 2.24) is 4.90 Å². The maximum atomic E-state index is 12.7. The van der Waals surface area contributed by atoms with Crippen molar-refractivity contribution in [1.29, 1.82) is 0 Å². The van der Waals surface area contributed by atoms with Gasteiger partial charge in [0.1, 0.15) is 5.75 Å². The van der Waals surface area contributed by atoms with Crippen LogP contribution in [-0.2, 0) is 0 Å². The van der Waals surface area contributed by atoms with Crippen LogP contribution in [0.15, 0.2) is 48.5 Å². The number of hydrogen-bond donors (Lipinski definition) is 1. The van der Waals surface area contributed by atoms with Crippen molar-refractivity contribution in [2.45, 2.75) is 32.7 Å². The van der Waals surface area contributed by atoms with Crippen LogP contribution in [-0.4, -0.2) is 24.1 Å². The average molecular weight is 324 g/mol. The highest BCUT2D eigenvalue weighted by Crippen LogP contribution is 2.32. The Morgan fingerprint density at radius 1 is 1.17 bits per heavy atom. The number of hydrogen-bond acceptors (Lipinski definition) is 2. The van der Waals surface area contributed by atoms with Crippen LogP contribution in [0, 0.1) is 6.92 Å². The maximum absolute atomic E-state index is 12.7. The van der Waals surface area contributed by atoms with E-state index >= 15 is 0 Å². The molecule has 1 aliphatic rings. The SMILES string of the molecule is CCOc1ccc(NC(=O)N2CCC[C@H]2c2ccc(C)cc2)cc1. The van der Waals surface area contributed by atoms with Crippen LogP contribution < -0.4 is 10.1 Å². The van der Waals surface area contributed by atoms with Crippen LogP contribution in [0.2, 0.25) is 0 Å². The van der Waals surface area contributed by atoms with Crippen molar-refractivity contribution < 1.29 is 9.53 Å². The van der Waals surface area contributed by atoms with Crippen molar-refractivity contribution in [2.75, 3.05) is 18.5 Å². The Hall–Kier alpha value is -2.49. The minimum atomic E-state index is -0.0396. The summed E-state index contributed by atoms with van der Waals surface area (Å²) in [5.41, 5.74) is 3.24. The fourth-order valence-electron chi connectivity index (χ4n) is 3.14. The number of rotatable bonds is 4. The van der Waals surface area contributed by atoms with E-state index in [1.807, 2.05) is 36.1 Å². The molecule has 1 heterocycles. The Kier molecular flexibility index (Phi) is 5.04. The number of likely N-dealkylation sites (tertiary alicyclic amines) is 1. The molecule has 0 bridgehead atoms. The number of urea groups is 1. The highest BCUT2D eigenvalue weighted by Gasteiger charge is 2.29. The van der Waals surface area contributed by atoms with Gasteiger partial charge in [0.25, 0.3) is 0 Å². The maximum Gasteiger partial charge on any atom is 0.322 e. The van der Waals surface area contributed by atoms with Gasteiger partial charge in [-0.05, 0) is 56.5 Å². The molecule has 2 amide bonds. The molecular formula is C20H24N2O2. The minimum Gasteiger partial charge on any atom is -0.494 e. The first kappa shape index (κ1) is 16.4. The molecule has 0 saturated carbocycles. The van der Waals surface area contributed by atoms with Gasteiger partial charge in [-0.2, -0.15) is 0 Å². The van der Waals surface area contributed by atoms with E-state index in [4.69, 9.17) is 4.74 Å². The highest BCUT2D eigenvalue weighted by atomic mass is 16.5. The Morgan fingerprint density at radius 2 is 1.88 bits per heavy atom. The fourth-order valence-corrected chi connectivity index (χ4v) is 3.14. The number of nitrogens with zero attached hydrogens (tertiary/aromatic N) is 1. The third kappa shape index (κ3) is 3.70. The fraction of sp³-hybridized carbons (Fsp3) is 0.350. The molecular weight excluding hydrogens is 300 g/mol. The number of carbonyl (C=O) groups is 1. The molecule has 1 fully saturated rings. The van der Waals surface area contributed by atoms with Crippen molar-refractivity contribution >= 4 is 11.7 Å². The van der Waals surface area contributed by atoms with E-state index in [-0.39, 0.29) is 12.1 Å². The average Bonchev–Trinajstić information content (AvgIpc) is 3.07. The van der Waals surface area contributed by atoms with Crippen LogP contribution in [0.4, 0.5) is 10.5 Å². The van der Waals surface area contributed by atoms with Crippen molar-refractivity contribution in [3.8, 4) is 5.75 Å². The molecule has 1 N–H and O–H groups in total. The number of anilines is 1. The van der Waals surface area contributed by atoms with Crippen LogP contribution in [0.3, 0.4) is 0 Å². The lowest BCUT2D eigenvalue weighted by Gasteiger charge is -2.25. The van der Waals surface area contributed by atoms with Gasteiger partial charge in [0, 0.05) is 12.2 Å². The van der Waals surface area contributed by atoms with Crippen molar-refractivity contribution in [3.05, 3.63) is 59.7 Å². The first-order chi connectivity index (χ1) is 11.7. The van der Waals surface area contributed by atoms with Gasteiger partial charge in [0.05, 0.1) is 12.6 Å². The van der Waals surface area contributed by atoms with Gasteiger partial charge in [-0.15, -0.1) is 0 Å². The first-order valence-electron chi connectivity index (χ1n) is 8.54. The third-order valence-corrected chi connectivity index (χ3v) is 4.39. The molecule has 4 nitrogen and oxygen atoms in total. The quantitative estimate of drug-likeness (QED) is 0.880. The number of aryl methyl sites for hydroxylation is 1. The summed E-state index contributed by atoms with van der Waals surface area (Å²) in [4.78, 5) is 14.6. The van der Waals surface area contributed by atoms with E-state index in [2.05, 4.69) is 36.5 Å². The molecule has 4 heteroatoms. The molecule has 24 heavy (non-hydrogen) atoms. The van der Waals surface area contributed by atoms with E-state index in [1.54, 1.807) is 0 Å². The van der Waals surface area contributed by atoms with Crippen LogP contribution in [0.1, 0.15) is 36.9 Å². The van der Waals surface area contributed by atoms with E-state index in [9.17, 15) is 4.79 Å². The predicted octanol–water partition coefficient (Wildman–Crippen LogP) is 4.76. The van der Waals surface area contributed by atoms with Crippen LogP contribution >= 0.6 is 0 Å². The molecule has 1 atom stereocenters. The van der Waals surface area contributed by atoms with Gasteiger partial charge >= 0.3 is 6.03 Å². The summed E-state index contributed by atoms with van der Waals surface area (Å²) in [6.45, 7) is 5.46. The molecule has 0 radical (unpaired) electrons. The summed E-state index contributed by atoms with van der Waals surface area (Å²) in [6, 6.07) is 16.1. The lowest BCUT2D eigenvalue weighted by atomic mass is 10.0. The number of carbonyl (C=O) groups excluding carboxylic acids is 1. The predicted molar refractivity (Wildman–Crippen MR) is 96.5 cm³/mol. The second-order valence-electron chi connectivity index (χ2n) is 6.15. The molecule has 0 unspecified atom stereocenters. The number of nitrogens with one attached hydrogen (secondary N) is 1. The van der Waals surface area contributed by atoms with Gasteiger partial charge in [-0.25, -0.2) is 4.79 Å². The van der Waals surface area contributed by atoms with Crippen molar-refractivity contribution in [2.24, 2.45) is 0 Å². The normalized spacial score (nSPS) is 16.9. The molecule has 0 aliphatic carbocycles. The standard InChI is InChI=1S/C20H24N2O2/c1-3-24-18-12-10-17(11-13-18)21-20(23)22-14-4-5-19(22)16-8-6-15(2)7-9-16/h6-13,19H,3-5,14H2,1-2H3,(H,21,23)/t19-/m0/s1. The van der Waals surface area contributed by atoms with Gasteiger partial charge < -0.3 is 15.0 Å². The minimum absolute atomic E-state index is 0.0396. The van der Waals surface area contributed by atoms with Gasteiger partial charge in [0.2, 0.25) is 0 Å². The summed E-state index contributed by atoms with van der Waals surface area (Å²) >= 11 is 0. The lowest BCUT2D eigenvalue weighted by Crippen LogP contribution is -2.34. The molecule has 3 rings (SSSR count).